The van der Waals surface area contributed by atoms with Gasteiger partial charge in [0.15, 0.2) is 0 Å². The van der Waals surface area contributed by atoms with Gasteiger partial charge in [-0.2, -0.15) is 0 Å². The third-order valence-electron chi connectivity index (χ3n) is 4.77. The Labute approximate surface area is 143 Å². The predicted molar refractivity (Wildman–Crippen MR) is 87.2 cm³/mol. The molecule has 7 nitrogen and oxygen atoms in total. The van der Waals surface area contributed by atoms with Crippen LogP contribution < -0.4 is 5.32 Å². The third kappa shape index (κ3) is 2.86. The van der Waals surface area contributed by atoms with E-state index in [0.29, 0.717) is 23.9 Å². The summed E-state index contributed by atoms with van der Waals surface area (Å²) < 4.78 is 0. The Hall–Kier alpha value is -2.09. The molecule has 3 amide bonds. The Balaban J connectivity index is 1.31. The molecule has 4 rings (SSSR count). The maximum Gasteiger partial charge on any atom is 0.233 e. The number of allylic oxidation sites excluding steroid dienone is 2. The molecule has 0 spiro atoms. The van der Waals surface area contributed by atoms with Crippen molar-refractivity contribution in [2.45, 2.75) is 38.0 Å². The van der Waals surface area contributed by atoms with Crippen molar-refractivity contribution in [2.75, 3.05) is 11.9 Å². The van der Waals surface area contributed by atoms with Crippen LogP contribution in [0.2, 0.25) is 0 Å². The van der Waals surface area contributed by atoms with E-state index in [1.165, 1.54) is 16.2 Å². The molecular formula is C16H18N4O3S. The molecule has 2 aliphatic carbocycles. The summed E-state index contributed by atoms with van der Waals surface area (Å²) in [6.45, 7) is 0.130. The Morgan fingerprint density at radius 2 is 1.83 bits per heavy atom. The standard InChI is InChI=1S/C16H18N4O3S/c21-12(17-16-19-18-13(24-16)9-5-6-9)7-8-20-14(22)10-3-1-2-4-11(10)15(20)23/h1-2,9-11H,3-8H2,(H,17,19,21)/t10-,11-/m0/s1. The highest BCUT2D eigenvalue weighted by Crippen LogP contribution is 2.42. The van der Waals surface area contributed by atoms with Crippen LogP contribution in [0.4, 0.5) is 5.13 Å². The number of carbonyl (C=O) groups is 3. The number of amides is 3. The van der Waals surface area contributed by atoms with E-state index < -0.39 is 0 Å². The smallest absolute Gasteiger partial charge is 0.233 e. The topological polar surface area (TPSA) is 92.3 Å². The van der Waals surface area contributed by atoms with E-state index in [9.17, 15) is 14.4 Å². The molecule has 8 heteroatoms. The summed E-state index contributed by atoms with van der Waals surface area (Å²) in [5, 5.41) is 12.2. The van der Waals surface area contributed by atoms with Crippen molar-refractivity contribution in [3.05, 3.63) is 17.2 Å². The van der Waals surface area contributed by atoms with Crippen LogP contribution in [0.15, 0.2) is 12.2 Å². The lowest BCUT2D eigenvalue weighted by atomic mass is 9.85. The van der Waals surface area contributed by atoms with Gasteiger partial charge in [0, 0.05) is 18.9 Å². The van der Waals surface area contributed by atoms with E-state index in [1.54, 1.807) is 0 Å². The van der Waals surface area contributed by atoms with E-state index in [1.807, 2.05) is 12.2 Å². The molecule has 0 radical (unpaired) electrons. The molecule has 0 bridgehead atoms. The van der Waals surface area contributed by atoms with Gasteiger partial charge in [0.25, 0.3) is 0 Å². The summed E-state index contributed by atoms with van der Waals surface area (Å²) in [6.07, 6.45) is 7.50. The minimum absolute atomic E-state index is 0.0860. The summed E-state index contributed by atoms with van der Waals surface area (Å²) in [7, 11) is 0. The summed E-state index contributed by atoms with van der Waals surface area (Å²) in [4.78, 5) is 38.0. The van der Waals surface area contributed by atoms with E-state index in [0.717, 1.165) is 17.8 Å². The van der Waals surface area contributed by atoms with Crippen LogP contribution in [0.25, 0.3) is 0 Å². The fourth-order valence-electron chi connectivity index (χ4n) is 3.26. The number of aromatic nitrogens is 2. The molecule has 0 unspecified atom stereocenters. The van der Waals surface area contributed by atoms with Crippen molar-refractivity contribution in [2.24, 2.45) is 11.8 Å². The highest BCUT2D eigenvalue weighted by molar-refractivity contribution is 7.15. The Kier molecular flexibility index (Phi) is 3.91. The minimum Gasteiger partial charge on any atom is -0.300 e. The molecule has 1 N–H and O–H groups in total. The van der Waals surface area contributed by atoms with Crippen molar-refractivity contribution >= 4 is 34.2 Å². The van der Waals surface area contributed by atoms with Crippen molar-refractivity contribution in [1.29, 1.82) is 0 Å². The van der Waals surface area contributed by atoms with Gasteiger partial charge in [-0.05, 0) is 25.7 Å². The first kappa shape index (κ1) is 15.4. The van der Waals surface area contributed by atoms with Gasteiger partial charge in [0.2, 0.25) is 22.9 Å². The third-order valence-corrected chi connectivity index (χ3v) is 5.78. The zero-order valence-corrected chi connectivity index (χ0v) is 13.9. The Morgan fingerprint density at radius 1 is 1.17 bits per heavy atom. The van der Waals surface area contributed by atoms with Gasteiger partial charge in [-0.3, -0.25) is 19.3 Å². The summed E-state index contributed by atoms with van der Waals surface area (Å²) >= 11 is 1.40. The summed E-state index contributed by atoms with van der Waals surface area (Å²) in [6, 6.07) is 0. The average Bonchev–Trinajstić information content (AvgIpc) is 3.29. The monoisotopic (exact) mass is 346 g/mol. The van der Waals surface area contributed by atoms with Crippen molar-refractivity contribution in [3.8, 4) is 0 Å². The Bertz CT molecular complexity index is 699. The molecule has 1 aliphatic heterocycles. The second kappa shape index (κ2) is 6.08. The van der Waals surface area contributed by atoms with Crippen LogP contribution in [-0.2, 0) is 14.4 Å². The number of fused-ring (bicyclic) bond motifs is 1. The lowest BCUT2D eigenvalue weighted by Crippen LogP contribution is -2.34. The number of hydrogen-bond donors (Lipinski definition) is 1. The van der Waals surface area contributed by atoms with Gasteiger partial charge in [0.05, 0.1) is 11.8 Å². The number of hydrogen-bond acceptors (Lipinski definition) is 6. The number of rotatable bonds is 5. The number of likely N-dealkylation sites (tertiary alicyclic amines) is 1. The molecular weight excluding hydrogens is 328 g/mol. The molecule has 2 atom stereocenters. The van der Waals surface area contributed by atoms with Crippen LogP contribution in [-0.4, -0.2) is 39.4 Å². The first-order chi connectivity index (χ1) is 11.6. The van der Waals surface area contributed by atoms with E-state index in [4.69, 9.17) is 0 Å². The molecule has 2 fully saturated rings. The van der Waals surface area contributed by atoms with Gasteiger partial charge in [-0.15, -0.1) is 10.2 Å². The molecule has 3 aliphatic rings. The summed E-state index contributed by atoms with van der Waals surface area (Å²) in [5.41, 5.74) is 0. The van der Waals surface area contributed by atoms with E-state index >= 15 is 0 Å². The number of anilines is 1. The normalized spacial score (nSPS) is 25.9. The molecule has 1 saturated heterocycles. The average molecular weight is 346 g/mol. The van der Waals surface area contributed by atoms with Gasteiger partial charge < -0.3 is 5.32 Å². The number of nitrogens with one attached hydrogen (secondary N) is 1. The lowest BCUT2D eigenvalue weighted by Gasteiger charge is -2.14. The highest BCUT2D eigenvalue weighted by atomic mass is 32.1. The molecule has 24 heavy (non-hydrogen) atoms. The summed E-state index contributed by atoms with van der Waals surface area (Å²) in [5.74, 6) is -0.514. The SMILES string of the molecule is O=C(CCN1C(=O)[C@H]2CC=CC[C@@H]2C1=O)Nc1nnc(C2CC2)s1. The van der Waals surface area contributed by atoms with Gasteiger partial charge in [-0.25, -0.2) is 0 Å². The van der Waals surface area contributed by atoms with Crippen molar-refractivity contribution < 1.29 is 14.4 Å². The number of imide groups is 1. The number of carbonyl (C=O) groups excluding carboxylic acids is 3. The van der Waals surface area contributed by atoms with Gasteiger partial charge in [0.1, 0.15) is 5.01 Å². The van der Waals surface area contributed by atoms with Crippen LogP contribution in [0.1, 0.15) is 43.0 Å². The van der Waals surface area contributed by atoms with Crippen LogP contribution in [0, 0.1) is 11.8 Å². The Morgan fingerprint density at radius 3 is 2.46 bits per heavy atom. The fraction of sp³-hybridized carbons (Fsp3) is 0.562. The largest absolute Gasteiger partial charge is 0.300 e. The fourth-order valence-corrected chi connectivity index (χ4v) is 4.19. The van der Waals surface area contributed by atoms with Crippen LogP contribution in [0.3, 0.4) is 0 Å². The molecule has 126 valence electrons. The first-order valence-electron chi connectivity index (χ1n) is 8.27. The lowest BCUT2D eigenvalue weighted by molar-refractivity contribution is -0.140. The van der Waals surface area contributed by atoms with Crippen molar-refractivity contribution in [1.82, 2.24) is 15.1 Å². The predicted octanol–water partition coefficient (Wildman–Crippen LogP) is 1.70. The zero-order valence-electron chi connectivity index (χ0n) is 13.1. The van der Waals surface area contributed by atoms with Crippen LogP contribution >= 0.6 is 11.3 Å². The van der Waals surface area contributed by atoms with Gasteiger partial charge >= 0.3 is 0 Å². The minimum atomic E-state index is -0.248. The molecule has 1 saturated carbocycles. The molecule has 1 aromatic heterocycles. The second-order valence-electron chi connectivity index (χ2n) is 6.50. The molecule has 2 heterocycles. The molecule has 0 aromatic carbocycles. The van der Waals surface area contributed by atoms with E-state index in [2.05, 4.69) is 15.5 Å². The number of nitrogens with zero attached hydrogens (tertiary/aromatic N) is 3. The maximum atomic E-state index is 12.3. The maximum absolute atomic E-state index is 12.3. The van der Waals surface area contributed by atoms with Gasteiger partial charge in [-0.1, -0.05) is 23.5 Å². The zero-order chi connectivity index (χ0) is 16.7. The van der Waals surface area contributed by atoms with E-state index in [-0.39, 0.29) is 42.5 Å². The van der Waals surface area contributed by atoms with Crippen LogP contribution in [0.5, 0.6) is 0 Å². The quantitative estimate of drug-likeness (QED) is 0.647. The molecule has 1 aromatic rings. The second-order valence-corrected chi connectivity index (χ2v) is 7.51. The highest BCUT2D eigenvalue weighted by Gasteiger charge is 2.46. The first-order valence-corrected chi connectivity index (χ1v) is 9.08. The van der Waals surface area contributed by atoms with Crippen molar-refractivity contribution in [3.63, 3.8) is 0 Å².